The third-order valence-electron chi connectivity index (χ3n) is 4.09. The van der Waals surface area contributed by atoms with E-state index in [0.717, 1.165) is 35.2 Å². The predicted molar refractivity (Wildman–Crippen MR) is 89.7 cm³/mol. The van der Waals surface area contributed by atoms with Gasteiger partial charge in [0.25, 0.3) is 0 Å². The van der Waals surface area contributed by atoms with Crippen LogP contribution < -0.4 is 0 Å². The first-order chi connectivity index (χ1) is 11.3. The smallest absolute Gasteiger partial charge is 0.0834 e. The lowest BCUT2D eigenvalue weighted by molar-refractivity contribution is 0.0318. The van der Waals surface area contributed by atoms with Crippen molar-refractivity contribution >= 4 is 17.1 Å². The molecule has 5 heteroatoms. The summed E-state index contributed by atoms with van der Waals surface area (Å²) in [5.74, 6) is 0. The first-order valence-electron chi connectivity index (χ1n) is 7.71. The Hall–Kier alpha value is -1.88. The summed E-state index contributed by atoms with van der Waals surface area (Å²) in [5.41, 5.74) is 4.41. The largest absolute Gasteiger partial charge is 0.379 e. The van der Waals surface area contributed by atoms with Gasteiger partial charge in [0.15, 0.2) is 0 Å². The highest BCUT2D eigenvalue weighted by Crippen LogP contribution is 2.26. The molecule has 118 valence electrons. The molecule has 0 amide bonds. The van der Waals surface area contributed by atoms with Gasteiger partial charge >= 0.3 is 0 Å². The summed E-state index contributed by atoms with van der Waals surface area (Å²) in [6.45, 7) is 2.11. The topological polar surface area (TPSA) is 35.8 Å². The van der Waals surface area contributed by atoms with Gasteiger partial charge in [0.1, 0.15) is 0 Å². The Balaban J connectivity index is 1.59. The highest BCUT2D eigenvalue weighted by Gasteiger charge is 2.16. The minimum atomic E-state index is 0.220. The van der Waals surface area contributed by atoms with E-state index in [4.69, 9.17) is 21.1 Å². The summed E-state index contributed by atoms with van der Waals surface area (Å²) in [6.07, 6.45) is 4.89. The molecule has 0 spiro atoms. The zero-order valence-corrected chi connectivity index (χ0v) is 13.4. The Labute approximate surface area is 139 Å². The van der Waals surface area contributed by atoms with Gasteiger partial charge < -0.3 is 9.47 Å². The fourth-order valence-corrected chi connectivity index (χ4v) is 3.02. The van der Waals surface area contributed by atoms with E-state index in [2.05, 4.69) is 29.4 Å². The van der Waals surface area contributed by atoms with E-state index in [0.29, 0.717) is 18.2 Å². The average molecular weight is 329 g/mol. The lowest BCUT2D eigenvalue weighted by Crippen LogP contribution is -2.11. The Kier molecular flexibility index (Phi) is 4.04. The van der Waals surface area contributed by atoms with Crippen LogP contribution >= 0.6 is 11.6 Å². The van der Waals surface area contributed by atoms with Gasteiger partial charge in [0, 0.05) is 18.4 Å². The molecule has 4 rings (SSSR count). The molecule has 2 aromatic heterocycles. The molecule has 0 N–H and O–H groups in total. The molecule has 1 fully saturated rings. The van der Waals surface area contributed by atoms with E-state index in [-0.39, 0.29) is 6.10 Å². The molecule has 4 nitrogen and oxygen atoms in total. The van der Waals surface area contributed by atoms with Crippen LogP contribution in [0.25, 0.3) is 16.6 Å². The molecule has 1 saturated heterocycles. The third kappa shape index (κ3) is 3.11. The summed E-state index contributed by atoms with van der Waals surface area (Å²) >= 11 is 6.02. The van der Waals surface area contributed by atoms with Crippen LogP contribution in [0.15, 0.2) is 48.8 Å². The van der Waals surface area contributed by atoms with Crippen LogP contribution in [0.5, 0.6) is 0 Å². The number of hydrogen-bond donors (Lipinski definition) is 0. The maximum Gasteiger partial charge on any atom is 0.0834 e. The fraction of sp³-hybridized carbons (Fsp3) is 0.278. The van der Waals surface area contributed by atoms with Crippen molar-refractivity contribution < 1.29 is 9.47 Å². The Morgan fingerprint density at radius 1 is 1.30 bits per heavy atom. The van der Waals surface area contributed by atoms with Gasteiger partial charge in [-0.3, -0.25) is 0 Å². The van der Waals surface area contributed by atoms with Gasteiger partial charge in [-0.05, 0) is 35.7 Å². The van der Waals surface area contributed by atoms with Crippen LogP contribution in [0.2, 0.25) is 5.02 Å². The average Bonchev–Trinajstić information content (AvgIpc) is 3.22. The molecule has 0 radical (unpaired) electrons. The number of fused-ring (bicyclic) bond motifs is 1. The van der Waals surface area contributed by atoms with Gasteiger partial charge in [-0.15, -0.1) is 0 Å². The highest BCUT2D eigenvalue weighted by atomic mass is 35.5. The summed E-state index contributed by atoms with van der Waals surface area (Å²) < 4.78 is 13.0. The van der Waals surface area contributed by atoms with Crippen LogP contribution in [-0.2, 0) is 16.1 Å². The quantitative estimate of drug-likeness (QED) is 0.727. The van der Waals surface area contributed by atoms with E-state index in [1.165, 1.54) is 0 Å². The molecule has 0 saturated carbocycles. The number of halogens is 1. The minimum Gasteiger partial charge on any atom is -0.379 e. The number of rotatable bonds is 4. The molecule has 0 aliphatic carbocycles. The third-order valence-corrected chi connectivity index (χ3v) is 4.32. The van der Waals surface area contributed by atoms with Gasteiger partial charge in [-0.2, -0.15) is 5.10 Å². The first-order valence-corrected chi connectivity index (χ1v) is 8.09. The minimum absolute atomic E-state index is 0.220. The van der Waals surface area contributed by atoms with Crippen LogP contribution in [0.1, 0.15) is 12.0 Å². The van der Waals surface area contributed by atoms with Crippen molar-refractivity contribution in [2.75, 3.05) is 13.2 Å². The maximum absolute atomic E-state index is 6.02. The molecule has 0 bridgehead atoms. The van der Waals surface area contributed by atoms with Gasteiger partial charge in [-0.25, -0.2) is 4.52 Å². The Bertz CT molecular complexity index is 825. The molecule has 1 aromatic carbocycles. The van der Waals surface area contributed by atoms with Crippen molar-refractivity contribution in [3.8, 4) is 11.1 Å². The summed E-state index contributed by atoms with van der Waals surface area (Å²) in [6, 6.07) is 12.3. The number of benzene rings is 1. The van der Waals surface area contributed by atoms with Crippen molar-refractivity contribution in [2.45, 2.75) is 19.1 Å². The van der Waals surface area contributed by atoms with Crippen LogP contribution in [-0.4, -0.2) is 28.9 Å². The molecular weight excluding hydrogens is 312 g/mol. The zero-order chi connectivity index (χ0) is 15.6. The van der Waals surface area contributed by atoms with Gasteiger partial charge in [-0.1, -0.05) is 29.8 Å². The highest BCUT2D eigenvalue weighted by molar-refractivity contribution is 6.30. The summed E-state index contributed by atoms with van der Waals surface area (Å²) in [4.78, 5) is 0. The predicted octanol–water partition coefficient (Wildman–Crippen LogP) is 3.96. The number of hydrogen-bond acceptors (Lipinski definition) is 3. The van der Waals surface area contributed by atoms with Crippen molar-refractivity contribution in [2.24, 2.45) is 0 Å². The van der Waals surface area contributed by atoms with E-state index in [9.17, 15) is 0 Å². The Morgan fingerprint density at radius 2 is 2.26 bits per heavy atom. The number of aromatic nitrogens is 2. The molecule has 3 heterocycles. The molecule has 1 aliphatic heterocycles. The van der Waals surface area contributed by atoms with E-state index in [1.54, 1.807) is 4.52 Å². The first kappa shape index (κ1) is 14.7. The molecule has 1 aliphatic rings. The normalized spacial score (nSPS) is 17.9. The van der Waals surface area contributed by atoms with Crippen LogP contribution in [0.3, 0.4) is 0 Å². The number of ether oxygens (including phenoxy) is 2. The van der Waals surface area contributed by atoms with Crippen molar-refractivity contribution in [3.05, 3.63) is 59.4 Å². The van der Waals surface area contributed by atoms with Crippen molar-refractivity contribution in [1.82, 2.24) is 9.61 Å². The summed E-state index contributed by atoms with van der Waals surface area (Å²) in [7, 11) is 0. The lowest BCUT2D eigenvalue weighted by atomic mass is 10.0. The molecule has 1 atom stereocenters. The second-order valence-corrected chi connectivity index (χ2v) is 6.17. The zero-order valence-electron chi connectivity index (χ0n) is 12.6. The second-order valence-electron chi connectivity index (χ2n) is 5.73. The van der Waals surface area contributed by atoms with E-state index >= 15 is 0 Å². The second kappa shape index (κ2) is 6.32. The number of pyridine rings is 1. The SMILES string of the molecule is Clc1ccc2c(-c3cccc(COC4CCOC4)c3)cnn2c1. The molecule has 1 unspecified atom stereocenters. The lowest BCUT2D eigenvalue weighted by Gasteiger charge is -2.10. The van der Waals surface area contributed by atoms with E-state index < -0.39 is 0 Å². The van der Waals surface area contributed by atoms with E-state index in [1.807, 2.05) is 24.5 Å². The number of nitrogens with zero attached hydrogens (tertiary/aromatic N) is 2. The van der Waals surface area contributed by atoms with Crippen molar-refractivity contribution in [1.29, 1.82) is 0 Å². The maximum atomic E-state index is 6.02. The van der Waals surface area contributed by atoms with Crippen LogP contribution in [0.4, 0.5) is 0 Å². The monoisotopic (exact) mass is 328 g/mol. The summed E-state index contributed by atoms with van der Waals surface area (Å²) in [5, 5.41) is 5.05. The van der Waals surface area contributed by atoms with Gasteiger partial charge in [0.2, 0.25) is 0 Å². The molecule has 3 aromatic rings. The standard InChI is InChI=1S/C18H17ClN2O2/c19-15-4-5-18-17(9-20-21(18)10-15)14-3-1-2-13(8-14)11-23-16-6-7-22-12-16/h1-5,8-10,16H,6-7,11-12H2. The van der Waals surface area contributed by atoms with Crippen LogP contribution in [0, 0.1) is 0 Å². The Morgan fingerprint density at radius 3 is 3.13 bits per heavy atom. The molecule has 23 heavy (non-hydrogen) atoms. The van der Waals surface area contributed by atoms with Crippen molar-refractivity contribution in [3.63, 3.8) is 0 Å². The fourth-order valence-electron chi connectivity index (χ4n) is 2.87. The van der Waals surface area contributed by atoms with Gasteiger partial charge in [0.05, 0.1) is 36.1 Å². The molecular formula is C18H17ClN2O2.